The van der Waals surface area contributed by atoms with Crippen LogP contribution in [0.15, 0.2) is 6.20 Å². The predicted molar refractivity (Wildman–Crippen MR) is 87.7 cm³/mol. The standard InChI is InChI=1S/C16H29N5/c1-6-20-7-8-21(11-13(20)4)16-18-10-15(14(5)19-16)9-17-12(2)3/h10,12-13,17H,6-9,11H2,1-5H3. The molecule has 1 N–H and O–H groups in total. The van der Waals surface area contributed by atoms with Crippen molar-refractivity contribution in [2.45, 2.75) is 53.2 Å². The third-order valence-corrected chi connectivity index (χ3v) is 4.22. The first kappa shape index (κ1) is 16.2. The number of hydrogen-bond donors (Lipinski definition) is 1. The van der Waals surface area contributed by atoms with Gasteiger partial charge in [-0.3, -0.25) is 4.90 Å². The van der Waals surface area contributed by atoms with Crippen LogP contribution in [0.1, 0.15) is 39.0 Å². The molecule has 1 fully saturated rings. The lowest BCUT2D eigenvalue weighted by molar-refractivity contribution is 0.198. The molecule has 0 aromatic carbocycles. The van der Waals surface area contributed by atoms with Crippen LogP contribution in [0.2, 0.25) is 0 Å². The summed E-state index contributed by atoms with van der Waals surface area (Å²) in [6.07, 6.45) is 1.98. The SMILES string of the molecule is CCN1CCN(c2ncc(CNC(C)C)c(C)n2)CC1C. The molecule has 5 nitrogen and oxygen atoms in total. The molecule has 2 rings (SSSR count). The van der Waals surface area contributed by atoms with Gasteiger partial charge in [-0.2, -0.15) is 0 Å². The van der Waals surface area contributed by atoms with Gasteiger partial charge < -0.3 is 10.2 Å². The Balaban J connectivity index is 2.03. The highest BCUT2D eigenvalue weighted by Crippen LogP contribution is 2.16. The van der Waals surface area contributed by atoms with E-state index in [1.165, 1.54) is 5.56 Å². The number of nitrogens with zero attached hydrogens (tertiary/aromatic N) is 4. The van der Waals surface area contributed by atoms with Crippen LogP contribution in [0.4, 0.5) is 5.95 Å². The van der Waals surface area contributed by atoms with Crippen LogP contribution in [0, 0.1) is 6.92 Å². The lowest BCUT2D eigenvalue weighted by Gasteiger charge is -2.39. The largest absolute Gasteiger partial charge is 0.338 e. The Hall–Kier alpha value is -1.20. The first-order chi connectivity index (χ1) is 10.0. The van der Waals surface area contributed by atoms with Crippen LogP contribution < -0.4 is 10.2 Å². The van der Waals surface area contributed by atoms with Gasteiger partial charge in [0, 0.05) is 55.7 Å². The average molecular weight is 291 g/mol. The molecule has 2 heterocycles. The van der Waals surface area contributed by atoms with Crippen molar-refractivity contribution in [3.8, 4) is 0 Å². The molecule has 21 heavy (non-hydrogen) atoms. The highest BCUT2D eigenvalue weighted by molar-refractivity contribution is 5.34. The lowest BCUT2D eigenvalue weighted by atomic mass is 10.2. The summed E-state index contributed by atoms with van der Waals surface area (Å²) in [6.45, 7) is 16.0. The molecule has 0 bridgehead atoms. The highest BCUT2D eigenvalue weighted by Gasteiger charge is 2.24. The minimum absolute atomic E-state index is 0.479. The number of aromatic nitrogens is 2. The fourth-order valence-corrected chi connectivity index (χ4v) is 2.77. The predicted octanol–water partition coefficient (Wildman–Crippen LogP) is 1.81. The van der Waals surface area contributed by atoms with E-state index in [1.807, 2.05) is 6.20 Å². The number of anilines is 1. The zero-order valence-electron chi connectivity index (χ0n) is 14.1. The highest BCUT2D eigenvalue weighted by atomic mass is 15.3. The van der Waals surface area contributed by atoms with Crippen molar-refractivity contribution in [2.24, 2.45) is 0 Å². The maximum Gasteiger partial charge on any atom is 0.225 e. The van der Waals surface area contributed by atoms with Crippen molar-refractivity contribution in [1.82, 2.24) is 20.2 Å². The second-order valence-electron chi connectivity index (χ2n) is 6.24. The molecule has 0 spiro atoms. The summed E-state index contributed by atoms with van der Waals surface area (Å²) < 4.78 is 0. The van der Waals surface area contributed by atoms with Gasteiger partial charge in [-0.05, 0) is 20.4 Å². The van der Waals surface area contributed by atoms with Crippen molar-refractivity contribution in [2.75, 3.05) is 31.1 Å². The Labute approximate surface area is 128 Å². The van der Waals surface area contributed by atoms with Crippen LogP contribution in [0.3, 0.4) is 0 Å². The molecule has 118 valence electrons. The number of likely N-dealkylation sites (N-methyl/N-ethyl adjacent to an activating group) is 1. The Morgan fingerprint density at radius 1 is 1.38 bits per heavy atom. The van der Waals surface area contributed by atoms with E-state index in [0.29, 0.717) is 12.1 Å². The molecule has 1 atom stereocenters. The van der Waals surface area contributed by atoms with Crippen molar-refractivity contribution in [3.05, 3.63) is 17.5 Å². The van der Waals surface area contributed by atoms with Gasteiger partial charge in [-0.1, -0.05) is 20.8 Å². The van der Waals surface area contributed by atoms with Gasteiger partial charge in [0.25, 0.3) is 0 Å². The van der Waals surface area contributed by atoms with Crippen molar-refractivity contribution in [1.29, 1.82) is 0 Å². The Bertz CT molecular complexity index is 460. The van der Waals surface area contributed by atoms with Crippen LogP contribution in [0.25, 0.3) is 0 Å². The molecule has 0 amide bonds. The van der Waals surface area contributed by atoms with E-state index in [0.717, 1.165) is 44.4 Å². The molecule has 1 aliphatic rings. The smallest absolute Gasteiger partial charge is 0.225 e. The third-order valence-electron chi connectivity index (χ3n) is 4.22. The third kappa shape index (κ3) is 4.14. The summed E-state index contributed by atoms with van der Waals surface area (Å²) in [4.78, 5) is 14.1. The molecular weight excluding hydrogens is 262 g/mol. The summed E-state index contributed by atoms with van der Waals surface area (Å²) in [5, 5.41) is 3.42. The molecule has 1 saturated heterocycles. The van der Waals surface area contributed by atoms with E-state index in [9.17, 15) is 0 Å². The van der Waals surface area contributed by atoms with Gasteiger partial charge in [0.15, 0.2) is 0 Å². The molecule has 0 saturated carbocycles. The van der Waals surface area contributed by atoms with E-state index >= 15 is 0 Å². The zero-order valence-corrected chi connectivity index (χ0v) is 14.1. The molecule has 1 aliphatic heterocycles. The number of piperazine rings is 1. The Morgan fingerprint density at radius 3 is 2.71 bits per heavy atom. The zero-order chi connectivity index (χ0) is 15.4. The minimum Gasteiger partial charge on any atom is -0.338 e. The topological polar surface area (TPSA) is 44.3 Å². The first-order valence-corrected chi connectivity index (χ1v) is 8.06. The summed E-state index contributed by atoms with van der Waals surface area (Å²) in [5.41, 5.74) is 2.27. The molecule has 1 aromatic rings. The molecular formula is C16H29N5. The lowest BCUT2D eigenvalue weighted by Crippen LogP contribution is -2.52. The fraction of sp³-hybridized carbons (Fsp3) is 0.750. The monoisotopic (exact) mass is 291 g/mol. The molecule has 1 aromatic heterocycles. The number of nitrogens with one attached hydrogen (secondary N) is 1. The number of rotatable bonds is 5. The molecule has 0 aliphatic carbocycles. The van der Waals surface area contributed by atoms with Crippen LogP contribution >= 0.6 is 0 Å². The second kappa shape index (κ2) is 7.18. The maximum absolute atomic E-state index is 4.72. The van der Waals surface area contributed by atoms with Crippen molar-refractivity contribution in [3.63, 3.8) is 0 Å². The van der Waals surface area contributed by atoms with Crippen LogP contribution in [0.5, 0.6) is 0 Å². The van der Waals surface area contributed by atoms with Gasteiger partial charge in [0.05, 0.1) is 0 Å². The summed E-state index contributed by atoms with van der Waals surface area (Å²) in [7, 11) is 0. The average Bonchev–Trinajstić information content (AvgIpc) is 2.45. The second-order valence-corrected chi connectivity index (χ2v) is 6.24. The molecule has 0 radical (unpaired) electrons. The number of hydrogen-bond acceptors (Lipinski definition) is 5. The van der Waals surface area contributed by atoms with Gasteiger partial charge in [-0.25, -0.2) is 9.97 Å². The quantitative estimate of drug-likeness (QED) is 0.896. The Kier molecular flexibility index (Phi) is 5.53. The van der Waals surface area contributed by atoms with Gasteiger partial charge in [0.2, 0.25) is 5.95 Å². The fourth-order valence-electron chi connectivity index (χ4n) is 2.77. The van der Waals surface area contributed by atoms with E-state index in [-0.39, 0.29) is 0 Å². The Morgan fingerprint density at radius 2 is 2.14 bits per heavy atom. The van der Waals surface area contributed by atoms with Gasteiger partial charge in [0.1, 0.15) is 0 Å². The normalized spacial score (nSPS) is 20.3. The van der Waals surface area contributed by atoms with E-state index in [1.54, 1.807) is 0 Å². The molecule has 1 unspecified atom stereocenters. The molecule has 5 heteroatoms. The van der Waals surface area contributed by atoms with Gasteiger partial charge in [-0.15, -0.1) is 0 Å². The minimum atomic E-state index is 0.479. The first-order valence-electron chi connectivity index (χ1n) is 8.06. The summed E-state index contributed by atoms with van der Waals surface area (Å²) >= 11 is 0. The summed E-state index contributed by atoms with van der Waals surface area (Å²) in [6, 6.07) is 1.04. The van der Waals surface area contributed by atoms with Crippen LogP contribution in [-0.4, -0.2) is 53.1 Å². The van der Waals surface area contributed by atoms with Crippen molar-refractivity contribution < 1.29 is 0 Å². The van der Waals surface area contributed by atoms with Crippen molar-refractivity contribution >= 4 is 5.95 Å². The van der Waals surface area contributed by atoms with E-state index in [2.05, 4.69) is 54.7 Å². The van der Waals surface area contributed by atoms with Crippen LogP contribution in [-0.2, 0) is 6.54 Å². The van der Waals surface area contributed by atoms with E-state index < -0.39 is 0 Å². The number of aryl methyl sites for hydroxylation is 1. The van der Waals surface area contributed by atoms with E-state index in [4.69, 9.17) is 4.98 Å². The summed E-state index contributed by atoms with van der Waals surface area (Å²) in [5.74, 6) is 0.878. The van der Waals surface area contributed by atoms with Gasteiger partial charge >= 0.3 is 0 Å². The maximum atomic E-state index is 4.72.